The van der Waals surface area contributed by atoms with Crippen LogP contribution >= 0.6 is 0 Å². The van der Waals surface area contributed by atoms with Crippen LogP contribution in [0.15, 0.2) is 4.99 Å². The summed E-state index contributed by atoms with van der Waals surface area (Å²) >= 11 is 0. The zero-order valence-corrected chi connectivity index (χ0v) is 8.30. The molecule has 0 aromatic rings. The highest BCUT2D eigenvalue weighted by atomic mass is 14.7. The summed E-state index contributed by atoms with van der Waals surface area (Å²) in [4.78, 5) is 4.12. The van der Waals surface area contributed by atoms with Crippen molar-refractivity contribution in [2.24, 2.45) is 16.8 Å². The Morgan fingerprint density at radius 3 is 1.55 bits per heavy atom. The van der Waals surface area contributed by atoms with Crippen molar-refractivity contribution < 1.29 is 0 Å². The summed E-state index contributed by atoms with van der Waals surface area (Å²) in [6, 6.07) is 0.481. The fourth-order valence-electron chi connectivity index (χ4n) is 1.33. The van der Waals surface area contributed by atoms with Crippen molar-refractivity contribution in [1.29, 1.82) is 0 Å². The van der Waals surface area contributed by atoms with Crippen LogP contribution in [0, 0.1) is 11.8 Å². The lowest BCUT2D eigenvalue weighted by Gasteiger charge is -2.15. The predicted molar refractivity (Wildman–Crippen MR) is 52.2 cm³/mol. The molecule has 0 rings (SSSR count). The Bertz CT molecular complexity index is 95.4. The minimum absolute atomic E-state index is 0.481. The van der Waals surface area contributed by atoms with Crippen LogP contribution in [0.1, 0.15) is 40.5 Å². The van der Waals surface area contributed by atoms with Crippen molar-refractivity contribution in [2.45, 2.75) is 46.6 Å². The minimum atomic E-state index is 0.481. The molecule has 0 heterocycles. The van der Waals surface area contributed by atoms with Gasteiger partial charge in [0.15, 0.2) is 0 Å². The zero-order chi connectivity index (χ0) is 8.85. The molecule has 0 spiro atoms. The summed E-state index contributed by atoms with van der Waals surface area (Å²) in [7, 11) is 0. The molecule has 0 unspecified atom stereocenters. The maximum atomic E-state index is 4.12. The first-order valence-electron chi connectivity index (χ1n) is 4.52. The summed E-state index contributed by atoms with van der Waals surface area (Å²) in [6.07, 6.45) is 2.36. The van der Waals surface area contributed by atoms with Crippen LogP contribution in [0.3, 0.4) is 0 Å². The van der Waals surface area contributed by atoms with Gasteiger partial charge in [-0.15, -0.1) is 0 Å². The molecule has 0 aromatic carbocycles. The molecule has 0 aliphatic rings. The Hall–Kier alpha value is -0.330. The van der Waals surface area contributed by atoms with Gasteiger partial charge in [0.2, 0.25) is 0 Å². The number of rotatable bonds is 5. The van der Waals surface area contributed by atoms with Gasteiger partial charge in [0.1, 0.15) is 0 Å². The van der Waals surface area contributed by atoms with Crippen LogP contribution < -0.4 is 0 Å². The highest BCUT2D eigenvalue weighted by Crippen LogP contribution is 2.15. The maximum Gasteiger partial charge on any atom is 0.0497 e. The Labute approximate surface area is 70.9 Å². The van der Waals surface area contributed by atoms with Crippen LogP contribution in [-0.2, 0) is 0 Å². The smallest absolute Gasteiger partial charge is 0.0497 e. The molecule has 0 bridgehead atoms. The van der Waals surface area contributed by atoms with E-state index in [1.807, 2.05) is 0 Å². The fourth-order valence-corrected chi connectivity index (χ4v) is 1.33. The van der Waals surface area contributed by atoms with E-state index >= 15 is 0 Å². The lowest BCUT2D eigenvalue weighted by atomic mass is 9.96. The standard InChI is InChI=1S/C10H21N/c1-8(2)6-10(11-5)7-9(3)4/h8-10H,5-7H2,1-4H3. The van der Waals surface area contributed by atoms with Gasteiger partial charge in [-0.2, -0.15) is 0 Å². The molecular formula is C10H21N. The van der Waals surface area contributed by atoms with Gasteiger partial charge < -0.3 is 0 Å². The van der Waals surface area contributed by atoms with E-state index in [1.165, 1.54) is 12.8 Å². The molecule has 11 heavy (non-hydrogen) atoms. The Morgan fingerprint density at radius 2 is 1.36 bits per heavy atom. The number of hydrogen-bond donors (Lipinski definition) is 0. The van der Waals surface area contributed by atoms with E-state index in [9.17, 15) is 0 Å². The largest absolute Gasteiger partial charge is 0.298 e. The second-order valence-electron chi connectivity index (χ2n) is 4.10. The van der Waals surface area contributed by atoms with E-state index in [4.69, 9.17) is 0 Å². The molecule has 0 radical (unpaired) electrons. The van der Waals surface area contributed by atoms with Gasteiger partial charge in [0, 0.05) is 6.04 Å². The number of hydrogen-bond acceptors (Lipinski definition) is 1. The molecule has 0 aromatic heterocycles. The molecule has 0 aliphatic carbocycles. The van der Waals surface area contributed by atoms with E-state index in [2.05, 4.69) is 39.4 Å². The van der Waals surface area contributed by atoms with E-state index in [0.717, 1.165) is 11.8 Å². The topological polar surface area (TPSA) is 12.4 Å². The molecule has 1 nitrogen and oxygen atoms in total. The second-order valence-corrected chi connectivity index (χ2v) is 4.10. The molecule has 0 fully saturated rings. The first-order chi connectivity index (χ1) is 5.06. The average molecular weight is 155 g/mol. The van der Waals surface area contributed by atoms with Crippen molar-refractivity contribution >= 4 is 6.72 Å². The molecule has 0 N–H and O–H groups in total. The van der Waals surface area contributed by atoms with E-state index in [1.54, 1.807) is 0 Å². The van der Waals surface area contributed by atoms with Crippen LogP contribution in [-0.4, -0.2) is 12.8 Å². The van der Waals surface area contributed by atoms with Crippen molar-refractivity contribution in [2.75, 3.05) is 0 Å². The maximum absolute atomic E-state index is 4.12. The van der Waals surface area contributed by atoms with Gasteiger partial charge in [-0.1, -0.05) is 27.7 Å². The number of nitrogens with zero attached hydrogens (tertiary/aromatic N) is 1. The quantitative estimate of drug-likeness (QED) is 0.541. The highest BCUT2D eigenvalue weighted by molar-refractivity contribution is 5.24. The molecule has 0 atom stereocenters. The van der Waals surface area contributed by atoms with Crippen molar-refractivity contribution in [1.82, 2.24) is 0 Å². The van der Waals surface area contributed by atoms with Crippen LogP contribution in [0.4, 0.5) is 0 Å². The fraction of sp³-hybridized carbons (Fsp3) is 0.900. The summed E-state index contributed by atoms with van der Waals surface area (Å²) < 4.78 is 0. The van der Waals surface area contributed by atoms with Gasteiger partial charge in [0.25, 0.3) is 0 Å². The Balaban J connectivity index is 3.67. The summed E-state index contributed by atoms with van der Waals surface area (Å²) in [5.41, 5.74) is 0. The van der Waals surface area contributed by atoms with Crippen LogP contribution in [0.2, 0.25) is 0 Å². The van der Waals surface area contributed by atoms with Crippen molar-refractivity contribution in [3.63, 3.8) is 0 Å². The minimum Gasteiger partial charge on any atom is -0.298 e. The zero-order valence-electron chi connectivity index (χ0n) is 8.30. The molecule has 0 amide bonds. The lowest BCUT2D eigenvalue weighted by Crippen LogP contribution is -2.10. The molecule has 66 valence electrons. The third kappa shape index (κ3) is 6.08. The van der Waals surface area contributed by atoms with E-state index in [0.29, 0.717) is 6.04 Å². The van der Waals surface area contributed by atoms with Gasteiger partial charge in [-0.05, 0) is 31.4 Å². The van der Waals surface area contributed by atoms with E-state index < -0.39 is 0 Å². The lowest BCUT2D eigenvalue weighted by molar-refractivity contribution is 0.425. The normalized spacial score (nSPS) is 11.5. The van der Waals surface area contributed by atoms with Crippen LogP contribution in [0.25, 0.3) is 0 Å². The molecule has 0 saturated heterocycles. The third-order valence-electron chi connectivity index (χ3n) is 1.75. The predicted octanol–water partition coefficient (Wildman–Crippen LogP) is 3.15. The van der Waals surface area contributed by atoms with Gasteiger partial charge in [0.05, 0.1) is 0 Å². The monoisotopic (exact) mass is 155 g/mol. The van der Waals surface area contributed by atoms with Crippen molar-refractivity contribution in [3.05, 3.63) is 0 Å². The Morgan fingerprint density at radius 1 is 1.00 bits per heavy atom. The molecule has 1 heteroatoms. The molecular weight excluding hydrogens is 134 g/mol. The summed E-state index contributed by atoms with van der Waals surface area (Å²) in [5.74, 6) is 1.48. The summed E-state index contributed by atoms with van der Waals surface area (Å²) in [6.45, 7) is 12.6. The SMILES string of the molecule is C=NC(CC(C)C)CC(C)C. The van der Waals surface area contributed by atoms with Crippen LogP contribution in [0.5, 0.6) is 0 Å². The van der Waals surface area contributed by atoms with Gasteiger partial charge >= 0.3 is 0 Å². The molecule has 0 saturated carbocycles. The van der Waals surface area contributed by atoms with E-state index in [-0.39, 0.29) is 0 Å². The third-order valence-corrected chi connectivity index (χ3v) is 1.75. The van der Waals surface area contributed by atoms with Gasteiger partial charge in [-0.25, -0.2) is 0 Å². The first-order valence-corrected chi connectivity index (χ1v) is 4.52. The first kappa shape index (κ1) is 10.7. The number of aliphatic imine (C=N–C) groups is 1. The van der Waals surface area contributed by atoms with Gasteiger partial charge in [-0.3, -0.25) is 4.99 Å². The second kappa shape index (κ2) is 5.34. The van der Waals surface area contributed by atoms with Crippen molar-refractivity contribution in [3.8, 4) is 0 Å². The summed E-state index contributed by atoms with van der Waals surface area (Å²) in [5, 5.41) is 0. The molecule has 0 aliphatic heterocycles. The highest BCUT2D eigenvalue weighted by Gasteiger charge is 2.09. The average Bonchev–Trinajstić information content (AvgIpc) is 1.84. The Kier molecular flexibility index (Phi) is 5.18.